The highest BCUT2D eigenvalue weighted by atomic mass is 31.2. The molecule has 110 valence electrons. The number of H-pyrrole nitrogens is 1. The number of hydrogen-bond donors (Lipinski definition) is 2. The molecule has 0 aliphatic heterocycles. The number of aromatic amines is 1. The fraction of sp³-hybridized carbons (Fsp3) is 0.538. The highest BCUT2D eigenvalue weighted by Crippen LogP contribution is 2.35. The second-order valence-electron chi connectivity index (χ2n) is 4.98. The maximum atomic E-state index is 11.6. The van der Waals surface area contributed by atoms with Gasteiger partial charge in [-0.25, -0.2) is 4.79 Å². The molecule has 0 aliphatic rings. The molecule has 6 nitrogen and oxygen atoms in total. The van der Waals surface area contributed by atoms with Crippen LogP contribution in [0.5, 0.6) is 0 Å². The maximum absolute atomic E-state index is 11.6. The van der Waals surface area contributed by atoms with E-state index in [4.69, 9.17) is 4.89 Å². The third-order valence-electron chi connectivity index (χ3n) is 2.62. The third kappa shape index (κ3) is 5.20. The standard InChI is InChI=1S/C13H19N2O4P/c1-10(2)15-9-11(12(16)14-13(15)17)7-5-4-6-8-20(3,18)19/h9-10H,4,6,8H2,1-3H3,(H,18,19)(H,14,16,17). The van der Waals surface area contributed by atoms with Gasteiger partial charge in [0.2, 0.25) is 0 Å². The van der Waals surface area contributed by atoms with Crippen LogP contribution in [0.3, 0.4) is 0 Å². The Hall–Kier alpha value is -1.57. The summed E-state index contributed by atoms with van der Waals surface area (Å²) in [5.74, 6) is 5.48. The summed E-state index contributed by atoms with van der Waals surface area (Å²) in [5, 5.41) is 0. The van der Waals surface area contributed by atoms with Crippen LogP contribution in [0, 0.1) is 11.8 Å². The van der Waals surface area contributed by atoms with Crippen molar-refractivity contribution in [1.29, 1.82) is 0 Å². The third-order valence-corrected chi connectivity index (χ3v) is 3.77. The van der Waals surface area contributed by atoms with E-state index in [2.05, 4.69) is 16.8 Å². The minimum Gasteiger partial charge on any atom is -0.344 e. The minimum absolute atomic E-state index is 0.0692. The lowest BCUT2D eigenvalue weighted by molar-refractivity contribution is 0.483. The van der Waals surface area contributed by atoms with Crippen molar-refractivity contribution < 1.29 is 9.46 Å². The zero-order valence-electron chi connectivity index (χ0n) is 11.8. The van der Waals surface area contributed by atoms with Gasteiger partial charge < -0.3 is 4.89 Å². The molecule has 20 heavy (non-hydrogen) atoms. The lowest BCUT2D eigenvalue weighted by atomic mass is 10.3. The Kier molecular flexibility index (Phi) is 5.55. The Balaban J connectivity index is 2.84. The summed E-state index contributed by atoms with van der Waals surface area (Å²) in [6, 6.07) is -0.0692. The highest BCUT2D eigenvalue weighted by molar-refractivity contribution is 7.57. The Morgan fingerprint density at radius 2 is 2.10 bits per heavy atom. The van der Waals surface area contributed by atoms with Crippen LogP contribution >= 0.6 is 7.37 Å². The molecule has 1 rings (SSSR count). The molecule has 0 radical (unpaired) electrons. The summed E-state index contributed by atoms with van der Waals surface area (Å²) < 4.78 is 12.5. The average Bonchev–Trinajstić information content (AvgIpc) is 2.29. The van der Waals surface area contributed by atoms with Gasteiger partial charge in [-0.15, -0.1) is 0 Å². The highest BCUT2D eigenvalue weighted by Gasteiger charge is 2.07. The zero-order chi connectivity index (χ0) is 15.3. The van der Waals surface area contributed by atoms with Crippen LogP contribution in [0.15, 0.2) is 15.8 Å². The molecule has 1 heterocycles. The van der Waals surface area contributed by atoms with Crippen molar-refractivity contribution in [2.24, 2.45) is 0 Å². The van der Waals surface area contributed by atoms with E-state index in [-0.39, 0.29) is 17.8 Å². The lowest BCUT2D eigenvalue weighted by Crippen LogP contribution is -2.31. The van der Waals surface area contributed by atoms with Crippen LogP contribution in [0.1, 0.15) is 38.3 Å². The quantitative estimate of drug-likeness (QED) is 0.495. The molecule has 1 aromatic rings. The molecule has 0 aromatic carbocycles. The first-order chi connectivity index (χ1) is 9.20. The largest absolute Gasteiger partial charge is 0.344 e. The number of nitrogens with zero attached hydrogens (tertiary/aromatic N) is 1. The predicted octanol–water partition coefficient (Wildman–Crippen LogP) is 1.15. The Labute approximate surface area is 117 Å². The van der Waals surface area contributed by atoms with Gasteiger partial charge in [-0.2, -0.15) is 0 Å². The molecule has 0 fully saturated rings. The second kappa shape index (κ2) is 6.74. The molecule has 0 bridgehead atoms. The van der Waals surface area contributed by atoms with E-state index in [9.17, 15) is 14.2 Å². The van der Waals surface area contributed by atoms with Crippen molar-refractivity contribution in [2.45, 2.75) is 32.7 Å². The second-order valence-corrected chi connectivity index (χ2v) is 7.53. The van der Waals surface area contributed by atoms with Crippen LogP contribution in [0.2, 0.25) is 0 Å². The zero-order valence-corrected chi connectivity index (χ0v) is 12.7. The van der Waals surface area contributed by atoms with E-state index in [1.807, 2.05) is 13.8 Å². The summed E-state index contributed by atoms with van der Waals surface area (Å²) in [6.45, 7) is 4.97. The van der Waals surface area contributed by atoms with Crippen molar-refractivity contribution in [3.05, 3.63) is 32.6 Å². The number of nitrogens with one attached hydrogen (secondary N) is 1. The molecular weight excluding hydrogens is 279 g/mol. The fourth-order valence-corrected chi connectivity index (χ4v) is 2.32. The van der Waals surface area contributed by atoms with E-state index in [1.54, 1.807) is 0 Å². The van der Waals surface area contributed by atoms with E-state index in [1.165, 1.54) is 17.4 Å². The van der Waals surface area contributed by atoms with Crippen LogP contribution in [0.4, 0.5) is 0 Å². The molecule has 0 saturated carbocycles. The summed E-state index contributed by atoms with van der Waals surface area (Å²) in [6.07, 6.45) is 2.58. The molecule has 1 aromatic heterocycles. The normalized spacial score (nSPS) is 13.7. The maximum Gasteiger partial charge on any atom is 0.328 e. The van der Waals surface area contributed by atoms with Gasteiger partial charge in [0.05, 0.1) is 0 Å². The SMILES string of the molecule is CC(C)n1cc(C#CCCCP(C)(=O)O)c(=O)[nH]c1=O. The van der Waals surface area contributed by atoms with Crippen molar-refractivity contribution in [2.75, 3.05) is 12.8 Å². The van der Waals surface area contributed by atoms with Crippen molar-refractivity contribution in [3.63, 3.8) is 0 Å². The molecule has 0 amide bonds. The van der Waals surface area contributed by atoms with Crippen molar-refractivity contribution in [1.82, 2.24) is 9.55 Å². The van der Waals surface area contributed by atoms with Gasteiger partial charge in [0.25, 0.3) is 5.56 Å². The van der Waals surface area contributed by atoms with Gasteiger partial charge in [0, 0.05) is 31.5 Å². The van der Waals surface area contributed by atoms with Crippen molar-refractivity contribution in [3.8, 4) is 11.8 Å². The topological polar surface area (TPSA) is 92.2 Å². The average molecular weight is 298 g/mol. The number of unbranched alkanes of at least 4 members (excludes halogenated alkanes) is 1. The summed E-state index contributed by atoms with van der Waals surface area (Å²) in [7, 11) is -3.00. The lowest BCUT2D eigenvalue weighted by Gasteiger charge is -2.08. The van der Waals surface area contributed by atoms with Gasteiger partial charge in [-0.05, 0) is 20.3 Å². The van der Waals surface area contributed by atoms with Crippen LogP contribution in [-0.2, 0) is 4.57 Å². The van der Waals surface area contributed by atoms with Gasteiger partial charge in [-0.3, -0.25) is 18.9 Å². The monoisotopic (exact) mass is 298 g/mol. The van der Waals surface area contributed by atoms with Gasteiger partial charge in [0.15, 0.2) is 7.37 Å². The minimum atomic E-state index is -3.00. The molecule has 0 spiro atoms. The van der Waals surface area contributed by atoms with E-state index in [0.717, 1.165) is 0 Å². The molecule has 0 saturated heterocycles. The number of hydrogen-bond acceptors (Lipinski definition) is 3. The van der Waals surface area contributed by atoms with Gasteiger partial charge >= 0.3 is 5.69 Å². The Bertz CT molecular complexity index is 685. The summed E-state index contributed by atoms with van der Waals surface area (Å²) >= 11 is 0. The molecule has 7 heteroatoms. The molecule has 1 atom stereocenters. The van der Waals surface area contributed by atoms with E-state index >= 15 is 0 Å². The van der Waals surface area contributed by atoms with Crippen LogP contribution < -0.4 is 11.2 Å². The number of aromatic nitrogens is 2. The number of rotatable bonds is 4. The van der Waals surface area contributed by atoms with Crippen LogP contribution in [-0.4, -0.2) is 27.3 Å². The van der Waals surface area contributed by atoms with E-state index in [0.29, 0.717) is 12.8 Å². The van der Waals surface area contributed by atoms with Gasteiger partial charge in [0.1, 0.15) is 5.56 Å². The molecule has 1 unspecified atom stereocenters. The summed E-state index contributed by atoms with van der Waals surface area (Å²) in [4.78, 5) is 34.4. The van der Waals surface area contributed by atoms with E-state index < -0.39 is 18.6 Å². The first-order valence-corrected chi connectivity index (χ1v) is 8.63. The first kappa shape index (κ1) is 16.5. The molecular formula is C13H19N2O4P. The first-order valence-electron chi connectivity index (χ1n) is 6.34. The summed E-state index contributed by atoms with van der Waals surface area (Å²) in [5.41, 5.74) is -0.743. The molecule has 2 N–H and O–H groups in total. The Morgan fingerprint density at radius 1 is 1.45 bits per heavy atom. The smallest absolute Gasteiger partial charge is 0.328 e. The Morgan fingerprint density at radius 3 is 2.65 bits per heavy atom. The van der Waals surface area contributed by atoms with Crippen LogP contribution in [0.25, 0.3) is 0 Å². The predicted molar refractivity (Wildman–Crippen MR) is 78.4 cm³/mol. The fourth-order valence-electron chi connectivity index (χ4n) is 1.58. The molecule has 0 aliphatic carbocycles. The van der Waals surface area contributed by atoms with Crippen molar-refractivity contribution >= 4 is 7.37 Å². The van der Waals surface area contributed by atoms with Gasteiger partial charge in [-0.1, -0.05) is 11.8 Å².